The van der Waals surface area contributed by atoms with Crippen LogP contribution in [0.15, 0.2) is 89.0 Å². The number of carbonyl (C=O) groups excluding carboxylic acids is 1. The second-order valence-corrected chi connectivity index (χ2v) is 10.8. The van der Waals surface area contributed by atoms with Crippen molar-refractivity contribution in [2.75, 3.05) is 7.11 Å². The SMILES string of the molecule is CCc1cc(CC2CCC/C(=C\c3ccc(OC)cc3)C(=O)c3ccc(-c4ccco4)cc3CCC2)ccc1F. The Balaban J connectivity index is 1.46. The lowest BCUT2D eigenvalue weighted by molar-refractivity contribution is 0.103. The van der Waals surface area contributed by atoms with Gasteiger partial charge in [0.1, 0.15) is 17.3 Å². The van der Waals surface area contributed by atoms with E-state index in [9.17, 15) is 9.18 Å². The Bertz CT molecular complexity index is 1460. The lowest BCUT2D eigenvalue weighted by Crippen LogP contribution is -2.08. The van der Waals surface area contributed by atoms with Crippen LogP contribution in [0.2, 0.25) is 0 Å². The van der Waals surface area contributed by atoms with Crippen molar-refractivity contribution in [3.05, 3.63) is 118 Å². The summed E-state index contributed by atoms with van der Waals surface area (Å²) < 4.78 is 25.1. The lowest BCUT2D eigenvalue weighted by Gasteiger charge is -2.17. The van der Waals surface area contributed by atoms with Crippen LogP contribution in [0.1, 0.15) is 71.6 Å². The molecule has 0 saturated heterocycles. The van der Waals surface area contributed by atoms with Gasteiger partial charge < -0.3 is 9.15 Å². The second kappa shape index (κ2) is 13.0. The predicted molar refractivity (Wildman–Crippen MR) is 159 cm³/mol. The number of rotatable bonds is 6. The van der Waals surface area contributed by atoms with Gasteiger partial charge in [-0.3, -0.25) is 4.79 Å². The van der Waals surface area contributed by atoms with E-state index in [2.05, 4.69) is 6.07 Å². The summed E-state index contributed by atoms with van der Waals surface area (Å²) in [6, 6.07) is 23.3. The Labute approximate surface area is 236 Å². The third-order valence-electron chi connectivity index (χ3n) is 8.04. The van der Waals surface area contributed by atoms with Crippen LogP contribution in [0.4, 0.5) is 4.39 Å². The molecule has 206 valence electrons. The molecule has 0 amide bonds. The number of hydrogen-bond acceptors (Lipinski definition) is 3. The monoisotopic (exact) mass is 536 g/mol. The lowest BCUT2D eigenvalue weighted by atomic mass is 9.88. The van der Waals surface area contributed by atoms with Crippen LogP contribution in [0.25, 0.3) is 17.4 Å². The minimum atomic E-state index is -0.121. The predicted octanol–water partition coefficient (Wildman–Crippen LogP) is 9.29. The highest BCUT2D eigenvalue weighted by Crippen LogP contribution is 2.31. The number of Topliss-reactive ketones (excluding diaryl/α,β-unsaturated/α-hetero) is 1. The van der Waals surface area contributed by atoms with E-state index in [1.54, 1.807) is 19.4 Å². The van der Waals surface area contributed by atoms with Gasteiger partial charge in [0.2, 0.25) is 0 Å². The van der Waals surface area contributed by atoms with Crippen molar-refractivity contribution in [2.24, 2.45) is 5.92 Å². The summed E-state index contributed by atoms with van der Waals surface area (Å²) in [6.45, 7) is 2.00. The molecule has 3 aromatic carbocycles. The van der Waals surface area contributed by atoms with E-state index < -0.39 is 0 Å². The molecule has 0 aliphatic heterocycles. The number of benzene rings is 3. The van der Waals surface area contributed by atoms with Gasteiger partial charge >= 0.3 is 0 Å². The molecule has 0 spiro atoms. The van der Waals surface area contributed by atoms with Gasteiger partial charge in [0.25, 0.3) is 0 Å². The summed E-state index contributed by atoms with van der Waals surface area (Å²) in [5.74, 6) is 2.05. The van der Waals surface area contributed by atoms with Crippen LogP contribution in [-0.4, -0.2) is 12.9 Å². The molecule has 1 aliphatic rings. The molecule has 4 heteroatoms. The van der Waals surface area contributed by atoms with Crippen LogP contribution < -0.4 is 4.74 Å². The zero-order valence-corrected chi connectivity index (χ0v) is 23.4. The fraction of sp³-hybridized carbons (Fsp3) is 0.306. The van der Waals surface area contributed by atoms with Gasteiger partial charge in [-0.2, -0.15) is 0 Å². The number of hydrogen-bond donors (Lipinski definition) is 0. The molecule has 3 nitrogen and oxygen atoms in total. The van der Waals surface area contributed by atoms with E-state index in [1.165, 1.54) is 5.56 Å². The zero-order chi connectivity index (χ0) is 27.9. The van der Waals surface area contributed by atoms with E-state index in [0.717, 1.165) is 83.4 Å². The Hall–Kier alpha value is -3.92. The van der Waals surface area contributed by atoms with Crippen LogP contribution in [0.5, 0.6) is 5.75 Å². The van der Waals surface area contributed by atoms with Crippen molar-refractivity contribution < 1.29 is 18.3 Å². The number of allylic oxidation sites excluding steroid dienone is 1. The third kappa shape index (κ3) is 6.62. The molecule has 1 heterocycles. The molecular weight excluding hydrogens is 499 g/mol. The summed E-state index contributed by atoms with van der Waals surface area (Å²) in [6.07, 6.45) is 10.9. The van der Waals surface area contributed by atoms with Gasteiger partial charge in [0, 0.05) is 16.7 Å². The highest BCUT2D eigenvalue weighted by Gasteiger charge is 2.21. The molecular formula is C36H37FO3. The highest BCUT2D eigenvalue weighted by molar-refractivity contribution is 6.12. The Morgan fingerprint density at radius 2 is 1.77 bits per heavy atom. The van der Waals surface area contributed by atoms with Gasteiger partial charge in [0.15, 0.2) is 5.78 Å². The van der Waals surface area contributed by atoms with E-state index >= 15 is 0 Å². The molecule has 5 rings (SSSR count). The largest absolute Gasteiger partial charge is 0.497 e. The molecule has 1 unspecified atom stereocenters. The number of aryl methyl sites for hydroxylation is 2. The molecule has 40 heavy (non-hydrogen) atoms. The number of ether oxygens (including phenoxy) is 1. The van der Waals surface area contributed by atoms with Crippen LogP contribution in [0, 0.1) is 11.7 Å². The van der Waals surface area contributed by atoms with E-state index in [-0.39, 0.29) is 11.6 Å². The van der Waals surface area contributed by atoms with Gasteiger partial charge in [-0.1, -0.05) is 43.3 Å². The summed E-state index contributed by atoms with van der Waals surface area (Å²) in [7, 11) is 1.65. The van der Waals surface area contributed by atoms with Crippen molar-refractivity contribution in [1.82, 2.24) is 0 Å². The molecule has 1 aromatic heterocycles. The first-order valence-corrected chi connectivity index (χ1v) is 14.4. The molecule has 0 radical (unpaired) electrons. The molecule has 0 saturated carbocycles. The molecule has 0 N–H and O–H groups in total. The minimum absolute atomic E-state index is 0.0985. The highest BCUT2D eigenvalue weighted by atomic mass is 19.1. The molecule has 4 aromatic rings. The number of furan rings is 1. The standard InChI is InChI=1S/C36H37FO3/c1-3-28-23-27(14-19-34(28)37)21-25-7-4-9-29-24-30(35-11-6-20-40-35)15-18-33(29)36(38)31(10-5-8-25)22-26-12-16-32(39-2)17-13-26/h6,11-20,22-25H,3-5,7-10,21H2,1-2H3/b31-22+. The number of halogens is 1. The van der Waals surface area contributed by atoms with Crippen molar-refractivity contribution >= 4 is 11.9 Å². The zero-order valence-electron chi connectivity index (χ0n) is 23.4. The van der Waals surface area contributed by atoms with Gasteiger partial charge in [-0.05, 0) is 122 Å². The molecule has 0 fully saturated rings. The van der Waals surface area contributed by atoms with Crippen LogP contribution >= 0.6 is 0 Å². The van der Waals surface area contributed by atoms with Gasteiger partial charge in [-0.25, -0.2) is 4.39 Å². The first-order valence-electron chi connectivity index (χ1n) is 14.4. The maximum absolute atomic E-state index is 14.1. The number of ketones is 1. The van der Waals surface area contributed by atoms with E-state index in [4.69, 9.17) is 9.15 Å². The summed E-state index contributed by atoms with van der Waals surface area (Å²) >= 11 is 0. The van der Waals surface area contributed by atoms with Crippen LogP contribution in [-0.2, 0) is 19.3 Å². The van der Waals surface area contributed by atoms with Gasteiger partial charge in [0.05, 0.1) is 13.4 Å². The average molecular weight is 537 g/mol. The second-order valence-electron chi connectivity index (χ2n) is 10.8. The average Bonchev–Trinajstić information content (AvgIpc) is 3.52. The van der Waals surface area contributed by atoms with Crippen molar-refractivity contribution in [2.45, 2.75) is 58.3 Å². The van der Waals surface area contributed by atoms with Crippen molar-refractivity contribution in [3.8, 4) is 17.1 Å². The number of methoxy groups -OCH3 is 1. The van der Waals surface area contributed by atoms with E-state index in [0.29, 0.717) is 18.8 Å². The fourth-order valence-corrected chi connectivity index (χ4v) is 5.81. The van der Waals surface area contributed by atoms with Crippen molar-refractivity contribution in [3.63, 3.8) is 0 Å². The Kier molecular flexibility index (Phi) is 8.95. The normalized spacial score (nSPS) is 17.3. The quantitative estimate of drug-likeness (QED) is 0.231. The maximum Gasteiger partial charge on any atom is 0.189 e. The van der Waals surface area contributed by atoms with Gasteiger partial charge in [-0.15, -0.1) is 0 Å². The van der Waals surface area contributed by atoms with Crippen LogP contribution in [0.3, 0.4) is 0 Å². The van der Waals surface area contributed by atoms with E-state index in [1.807, 2.05) is 73.7 Å². The third-order valence-corrected chi connectivity index (χ3v) is 8.04. The Morgan fingerprint density at radius 3 is 2.50 bits per heavy atom. The van der Waals surface area contributed by atoms with Crippen molar-refractivity contribution in [1.29, 1.82) is 0 Å². The molecule has 0 bridgehead atoms. The smallest absolute Gasteiger partial charge is 0.189 e. The first-order chi connectivity index (χ1) is 19.5. The topological polar surface area (TPSA) is 39.4 Å². The summed E-state index contributed by atoms with van der Waals surface area (Å²) in [5, 5.41) is 0. The maximum atomic E-state index is 14.1. The molecule has 1 aliphatic carbocycles. The molecule has 1 atom stereocenters. The summed E-state index contributed by atoms with van der Waals surface area (Å²) in [5.41, 5.74) is 6.63. The Morgan fingerprint density at radius 1 is 0.975 bits per heavy atom. The number of carbonyl (C=O) groups is 1. The minimum Gasteiger partial charge on any atom is -0.497 e. The summed E-state index contributed by atoms with van der Waals surface area (Å²) in [4.78, 5) is 14.0. The fourth-order valence-electron chi connectivity index (χ4n) is 5.81. The first kappa shape index (κ1) is 27.6. The number of fused-ring (bicyclic) bond motifs is 1.